The number of hydrogen-bond acceptors (Lipinski definition) is 4. The van der Waals surface area contributed by atoms with Crippen molar-refractivity contribution in [3.63, 3.8) is 0 Å². The van der Waals surface area contributed by atoms with Gasteiger partial charge in [-0.25, -0.2) is 0 Å². The molecule has 1 aliphatic heterocycles. The van der Waals surface area contributed by atoms with Gasteiger partial charge in [0.1, 0.15) is 0 Å². The van der Waals surface area contributed by atoms with Gasteiger partial charge >= 0.3 is 6.18 Å². The number of halogens is 4. The third-order valence-electron chi connectivity index (χ3n) is 5.66. The van der Waals surface area contributed by atoms with Crippen LogP contribution in [0.5, 0.6) is 0 Å². The first-order chi connectivity index (χ1) is 15.6. The van der Waals surface area contributed by atoms with E-state index in [4.69, 9.17) is 11.6 Å². The summed E-state index contributed by atoms with van der Waals surface area (Å²) >= 11 is 6.07. The molecule has 0 aliphatic carbocycles. The van der Waals surface area contributed by atoms with Gasteiger partial charge in [-0.3, -0.25) is 14.5 Å². The molecule has 10 heteroatoms. The summed E-state index contributed by atoms with van der Waals surface area (Å²) in [6, 6.07) is 11.9. The van der Waals surface area contributed by atoms with E-state index in [2.05, 4.69) is 10.2 Å². The van der Waals surface area contributed by atoms with E-state index in [1.165, 1.54) is 30.1 Å². The van der Waals surface area contributed by atoms with Crippen molar-refractivity contribution in [2.24, 2.45) is 0 Å². The number of nitrogens with zero attached hydrogens (tertiary/aromatic N) is 3. The number of carbonyl (C=O) groups is 2. The van der Waals surface area contributed by atoms with E-state index in [0.717, 1.165) is 24.8 Å². The van der Waals surface area contributed by atoms with Crippen LogP contribution in [0.2, 0.25) is 5.02 Å². The van der Waals surface area contributed by atoms with Crippen molar-refractivity contribution in [2.75, 3.05) is 50.0 Å². The fraction of sp³-hybridized carbons (Fsp3) is 0.391. The first kappa shape index (κ1) is 24.9. The highest BCUT2D eigenvalue weighted by atomic mass is 35.5. The Morgan fingerprint density at radius 1 is 1.09 bits per heavy atom. The van der Waals surface area contributed by atoms with E-state index < -0.39 is 23.7 Å². The second-order valence-corrected chi connectivity index (χ2v) is 8.40. The Morgan fingerprint density at radius 2 is 1.76 bits per heavy atom. The van der Waals surface area contributed by atoms with Gasteiger partial charge in [0.25, 0.3) is 0 Å². The summed E-state index contributed by atoms with van der Waals surface area (Å²) in [5.41, 5.74) is -0.242. The summed E-state index contributed by atoms with van der Waals surface area (Å²) in [4.78, 5) is 30.6. The van der Waals surface area contributed by atoms with E-state index in [-0.39, 0.29) is 18.1 Å². The van der Waals surface area contributed by atoms with Gasteiger partial charge in [-0.1, -0.05) is 29.8 Å². The summed E-state index contributed by atoms with van der Waals surface area (Å²) in [6.45, 7) is 4.16. The molecule has 0 aromatic heterocycles. The van der Waals surface area contributed by atoms with Gasteiger partial charge < -0.3 is 15.1 Å². The topological polar surface area (TPSA) is 55.9 Å². The lowest BCUT2D eigenvalue weighted by Gasteiger charge is -2.39. The number of carbonyl (C=O) groups excluding carboxylic acids is 2. The molecular formula is C23H26ClF3N4O2. The Labute approximate surface area is 195 Å². The fourth-order valence-electron chi connectivity index (χ4n) is 3.84. The SMILES string of the molecule is CC(C(=O)N(C)CC(=O)Nc1ccccc1C(F)(F)F)N1CCN(c2cccc(Cl)c2)CC1. The second-order valence-electron chi connectivity index (χ2n) is 7.96. The van der Waals surface area contributed by atoms with Gasteiger partial charge in [0, 0.05) is 43.9 Å². The van der Waals surface area contributed by atoms with Crippen molar-refractivity contribution in [3.8, 4) is 0 Å². The maximum Gasteiger partial charge on any atom is 0.418 e. The Kier molecular flexibility index (Phi) is 7.86. The van der Waals surface area contributed by atoms with Crippen molar-refractivity contribution >= 4 is 34.8 Å². The first-order valence-electron chi connectivity index (χ1n) is 10.5. The largest absolute Gasteiger partial charge is 0.418 e. The number of hydrogen-bond donors (Lipinski definition) is 1. The molecule has 1 fully saturated rings. The average molecular weight is 483 g/mol. The minimum absolute atomic E-state index is 0.273. The summed E-state index contributed by atoms with van der Waals surface area (Å²) < 4.78 is 39.4. The number of likely N-dealkylation sites (N-methyl/N-ethyl adjacent to an activating group) is 1. The summed E-state index contributed by atoms with van der Waals surface area (Å²) in [5.74, 6) is -0.967. The van der Waals surface area contributed by atoms with E-state index in [9.17, 15) is 22.8 Å². The zero-order valence-electron chi connectivity index (χ0n) is 18.4. The minimum Gasteiger partial charge on any atom is -0.369 e. The highest BCUT2D eigenvalue weighted by Crippen LogP contribution is 2.34. The minimum atomic E-state index is -4.59. The lowest BCUT2D eigenvalue weighted by molar-refractivity contribution is -0.138. The Balaban J connectivity index is 1.53. The molecule has 178 valence electrons. The van der Waals surface area contributed by atoms with Gasteiger partial charge in [-0.15, -0.1) is 0 Å². The third-order valence-corrected chi connectivity index (χ3v) is 5.89. The molecule has 1 N–H and O–H groups in total. The number of para-hydroxylation sites is 1. The molecule has 6 nitrogen and oxygen atoms in total. The molecular weight excluding hydrogens is 457 g/mol. The third kappa shape index (κ3) is 6.39. The van der Waals surface area contributed by atoms with Crippen LogP contribution >= 0.6 is 11.6 Å². The predicted molar refractivity (Wildman–Crippen MR) is 122 cm³/mol. The van der Waals surface area contributed by atoms with Gasteiger partial charge in [-0.2, -0.15) is 13.2 Å². The Morgan fingerprint density at radius 3 is 2.39 bits per heavy atom. The first-order valence-corrected chi connectivity index (χ1v) is 10.9. The quantitative estimate of drug-likeness (QED) is 0.677. The fourth-order valence-corrected chi connectivity index (χ4v) is 4.02. The van der Waals surface area contributed by atoms with Gasteiger partial charge in [0.2, 0.25) is 11.8 Å². The van der Waals surface area contributed by atoms with Crippen LogP contribution < -0.4 is 10.2 Å². The Hall–Kier alpha value is -2.78. The molecule has 2 amide bonds. The zero-order valence-corrected chi connectivity index (χ0v) is 19.2. The van der Waals surface area contributed by atoms with Crippen molar-refractivity contribution in [1.29, 1.82) is 0 Å². The van der Waals surface area contributed by atoms with Crippen LogP contribution in [0, 0.1) is 0 Å². The van der Waals surface area contributed by atoms with E-state index in [1.807, 2.05) is 29.2 Å². The summed E-state index contributed by atoms with van der Waals surface area (Å²) in [7, 11) is 1.47. The summed E-state index contributed by atoms with van der Waals surface area (Å²) in [5, 5.41) is 2.93. The van der Waals surface area contributed by atoms with Crippen LogP contribution in [0.4, 0.5) is 24.5 Å². The maximum absolute atomic E-state index is 13.1. The zero-order chi connectivity index (χ0) is 24.2. The number of benzene rings is 2. The van der Waals surface area contributed by atoms with Crippen LogP contribution in [0.3, 0.4) is 0 Å². The van der Waals surface area contributed by atoms with Crippen molar-refractivity contribution < 1.29 is 22.8 Å². The van der Waals surface area contributed by atoms with Crippen LogP contribution in [-0.2, 0) is 15.8 Å². The number of anilines is 2. The molecule has 3 rings (SSSR count). The highest BCUT2D eigenvalue weighted by Gasteiger charge is 2.34. The van der Waals surface area contributed by atoms with E-state index >= 15 is 0 Å². The number of alkyl halides is 3. The monoisotopic (exact) mass is 482 g/mol. The average Bonchev–Trinajstić information content (AvgIpc) is 2.77. The smallest absolute Gasteiger partial charge is 0.369 e. The standard InChI is InChI=1S/C23H26ClF3N4O2/c1-16(30-10-12-31(13-11-30)18-7-5-6-17(24)14-18)22(33)29(2)15-21(32)28-20-9-4-3-8-19(20)23(25,26)27/h3-9,14,16H,10-13,15H2,1-2H3,(H,28,32). The highest BCUT2D eigenvalue weighted by molar-refractivity contribution is 6.30. The van der Waals surface area contributed by atoms with Crippen LogP contribution in [0.25, 0.3) is 0 Å². The molecule has 1 atom stereocenters. The van der Waals surface area contributed by atoms with Gasteiger partial charge in [0.05, 0.1) is 23.8 Å². The molecule has 33 heavy (non-hydrogen) atoms. The van der Waals surface area contributed by atoms with Gasteiger partial charge in [0.15, 0.2) is 0 Å². The molecule has 2 aromatic carbocycles. The van der Waals surface area contributed by atoms with Crippen molar-refractivity contribution in [2.45, 2.75) is 19.1 Å². The normalized spacial score (nSPS) is 15.8. The van der Waals surface area contributed by atoms with E-state index in [0.29, 0.717) is 18.1 Å². The van der Waals surface area contributed by atoms with Crippen molar-refractivity contribution in [1.82, 2.24) is 9.80 Å². The predicted octanol–water partition coefficient (Wildman–Crippen LogP) is 3.97. The molecule has 0 bridgehead atoms. The molecule has 1 heterocycles. The number of amides is 2. The molecule has 0 spiro atoms. The maximum atomic E-state index is 13.1. The van der Waals surface area contributed by atoms with Crippen LogP contribution in [0.15, 0.2) is 48.5 Å². The van der Waals surface area contributed by atoms with Gasteiger partial charge in [-0.05, 0) is 37.3 Å². The number of piperazine rings is 1. The molecule has 0 saturated carbocycles. The molecule has 0 radical (unpaired) electrons. The summed E-state index contributed by atoms with van der Waals surface area (Å²) in [6.07, 6.45) is -4.59. The number of rotatable bonds is 6. The van der Waals surface area contributed by atoms with Crippen LogP contribution in [-0.4, -0.2) is 67.4 Å². The van der Waals surface area contributed by atoms with E-state index in [1.54, 1.807) is 6.92 Å². The molecule has 2 aromatic rings. The molecule has 1 aliphatic rings. The number of nitrogens with one attached hydrogen (secondary N) is 1. The lowest BCUT2D eigenvalue weighted by Crippen LogP contribution is -2.54. The lowest BCUT2D eigenvalue weighted by atomic mass is 10.1. The van der Waals surface area contributed by atoms with Crippen molar-refractivity contribution in [3.05, 3.63) is 59.1 Å². The van der Waals surface area contributed by atoms with Crippen LogP contribution in [0.1, 0.15) is 12.5 Å². The molecule has 1 saturated heterocycles. The second kappa shape index (κ2) is 10.4. The molecule has 1 unspecified atom stereocenters. The Bertz CT molecular complexity index is 994.